The molecule has 1 atom stereocenters. The van der Waals surface area contributed by atoms with Gasteiger partial charge in [-0.2, -0.15) is 10.5 Å². The average molecular weight is 306 g/mol. The van der Waals surface area contributed by atoms with Crippen LogP contribution in [0.25, 0.3) is 0 Å². The molecule has 0 spiro atoms. The van der Waals surface area contributed by atoms with Crippen molar-refractivity contribution < 1.29 is 4.39 Å². The fraction of sp³-hybridized carbons (Fsp3) is 0.300. The molecule has 0 N–H and O–H groups in total. The van der Waals surface area contributed by atoms with E-state index in [0.717, 1.165) is 30.4 Å². The van der Waals surface area contributed by atoms with Crippen LogP contribution in [-0.2, 0) is 12.8 Å². The Balaban J connectivity index is 2.15. The number of hydrogen-bond acceptors (Lipinski definition) is 2. The Bertz CT molecular complexity index is 781. The van der Waals surface area contributed by atoms with Crippen molar-refractivity contribution >= 4 is 0 Å². The smallest absolute Gasteiger partial charge is 0.140 e. The Morgan fingerprint density at radius 1 is 1.04 bits per heavy atom. The van der Waals surface area contributed by atoms with Crippen LogP contribution in [-0.4, -0.2) is 0 Å². The fourth-order valence-electron chi connectivity index (χ4n) is 2.66. The van der Waals surface area contributed by atoms with Crippen molar-refractivity contribution in [2.24, 2.45) is 0 Å². The van der Waals surface area contributed by atoms with E-state index in [-0.39, 0.29) is 11.5 Å². The summed E-state index contributed by atoms with van der Waals surface area (Å²) in [5.41, 5.74) is 4.03. The first-order valence-corrected chi connectivity index (χ1v) is 7.80. The molecule has 2 nitrogen and oxygen atoms in total. The lowest BCUT2D eigenvalue weighted by atomic mass is 9.91. The molecule has 0 fully saturated rings. The highest BCUT2D eigenvalue weighted by atomic mass is 19.1. The van der Waals surface area contributed by atoms with Crippen molar-refractivity contribution in [2.45, 2.75) is 39.0 Å². The van der Waals surface area contributed by atoms with E-state index < -0.39 is 5.82 Å². The topological polar surface area (TPSA) is 47.6 Å². The van der Waals surface area contributed by atoms with E-state index in [4.69, 9.17) is 5.26 Å². The zero-order chi connectivity index (χ0) is 16.8. The Labute approximate surface area is 136 Å². The van der Waals surface area contributed by atoms with Crippen molar-refractivity contribution in [3.05, 3.63) is 70.0 Å². The van der Waals surface area contributed by atoms with Crippen molar-refractivity contribution in [2.75, 3.05) is 0 Å². The van der Waals surface area contributed by atoms with Gasteiger partial charge in [0.15, 0.2) is 0 Å². The fourth-order valence-corrected chi connectivity index (χ4v) is 2.66. The van der Waals surface area contributed by atoms with Crippen LogP contribution >= 0.6 is 0 Å². The van der Waals surface area contributed by atoms with Gasteiger partial charge in [0.05, 0.1) is 17.2 Å². The summed E-state index contributed by atoms with van der Waals surface area (Å²) in [6.45, 7) is 4.15. The molecule has 2 rings (SSSR count). The minimum Gasteiger partial charge on any atom is -0.206 e. The second-order valence-electron chi connectivity index (χ2n) is 5.75. The van der Waals surface area contributed by atoms with Crippen LogP contribution in [0.5, 0.6) is 0 Å². The number of rotatable bonds is 5. The molecule has 2 aromatic carbocycles. The van der Waals surface area contributed by atoms with Gasteiger partial charge in [0.25, 0.3) is 0 Å². The van der Waals surface area contributed by atoms with Gasteiger partial charge in [0.2, 0.25) is 0 Å². The van der Waals surface area contributed by atoms with Crippen molar-refractivity contribution in [1.29, 1.82) is 10.5 Å². The second kappa shape index (κ2) is 7.56. The predicted octanol–water partition coefficient (Wildman–Crippen LogP) is 4.87. The third kappa shape index (κ3) is 3.96. The summed E-state index contributed by atoms with van der Waals surface area (Å²) in [4.78, 5) is 0. The summed E-state index contributed by atoms with van der Waals surface area (Å²) >= 11 is 0. The number of hydrogen-bond donors (Lipinski definition) is 0. The van der Waals surface area contributed by atoms with Gasteiger partial charge in [-0.1, -0.05) is 32.0 Å². The highest BCUT2D eigenvalue weighted by molar-refractivity contribution is 5.41. The summed E-state index contributed by atoms with van der Waals surface area (Å²) in [5.74, 6) is -0.287. The van der Waals surface area contributed by atoms with E-state index in [1.807, 2.05) is 18.2 Å². The maximum absolute atomic E-state index is 13.4. The predicted molar refractivity (Wildman–Crippen MR) is 88.4 cm³/mol. The molecule has 0 aliphatic heterocycles. The quantitative estimate of drug-likeness (QED) is 0.791. The zero-order valence-electron chi connectivity index (χ0n) is 13.4. The maximum atomic E-state index is 13.4. The summed E-state index contributed by atoms with van der Waals surface area (Å²) in [7, 11) is 0. The first kappa shape index (κ1) is 16.7. The minimum atomic E-state index is -0.481. The standard InChI is InChI=1S/C20H19FN2/c1-3-15-5-7-18(12-22)17(10-15)6-4-14(2)16-8-9-20(21)19(11-16)13-23/h5,7-11,14H,3-4,6H2,1-2H3. The Morgan fingerprint density at radius 2 is 1.78 bits per heavy atom. The van der Waals surface area contributed by atoms with Gasteiger partial charge >= 0.3 is 0 Å². The van der Waals surface area contributed by atoms with Gasteiger partial charge in [-0.3, -0.25) is 0 Å². The highest BCUT2D eigenvalue weighted by Crippen LogP contribution is 2.24. The zero-order valence-corrected chi connectivity index (χ0v) is 13.4. The van der Waals surface area contributed by atoms with Gasteiger partial charge in [-0.15, -0.1) is 0 Å². The van der Waals surface area contributed by atoms with Crippen LogP contribution in [0.1, 0.15) is 54.0 Å². The molecule has 116 valence electrons. The monoisotopic (exact) mass is 306 g/mol. The molecule has 0 bridgehead atoms. The summed E-state index contributed by atoms with van der Waals surface area (Å²) in [6, 6.07) is 14.8. The minimum absolute atomic E-state index is 0.0834. The molecule has 1 unspecified atom stereocenters. The van der Waals surface area contributed by atoms with E-state index in [9.17, 15) is 9.65 Å². The lowest BCUT2D eigenvalue weighted by Crippen LogP contribution is -2.00. The summed E-state index contributed by atoms with van der Waals surface area (Å²) < 4.78 is 13.4. The highest BCUT2D eigenvalue weighted by Gasteiger charge is 2.11. The molecule has 0 saturated carbocycles. The van der Waals surface area contributed by atoms with E-state index in [1.54, 1.807) is 12.1 Å². The molecule has 0 heterocycles. The van der Waals surface area contributed by atoms with Crippen LogP contribution in [0, 0.1) is 28.5 Å². The third-order valence-electron chi connectivity index (χ3n) is 4.22. The second-order valence-corrected chi connectivity index (χ2v) is 5.75. The number of halogens is 1. The van der Waals surface area contributed by atoms with Gasteiger partial charge in [0.1, 0.15) is 11.9 Å². The third-order valence-corrected chi connectivity index (χ3v) is 4.22. The Kier molecular flexibility index (Phi) is 5.50. The van der Waals surface area contributed by atoms with Crippen LogP contribution in [0.2, 0.25) is 0 Å². The van der Waals surface area contributed by atoms with E-state index in [1.165, 1.54) is 11.6 Å². The van der Waals surface area contributed by atoms with Crippen LogP contribution < -0.4 is 0 Å². The molecule has 0 aliphatic rings. The van der Waals surface area contributed by atoms with E-state index in [0.29, 0.717) is 5.56 Å². The van der Waals surface area contributed by atoms with Crippen LogP contribution in [0.15, 0.2) is 36.4 Å². The molecular weight excluding hydrogens is 287 g/mol. The molecule has 0 saturated heterocycles. The number of nitriles is 2. The normalized spacial score (nSPS) is 11.5. The van der Waals surface area contributed by atoms with E-state index >= 15 is 0 Å². The molecule has 2 aromatic rings. The SMILES string of the molecule is CCc1ccc(C#N)c(CCC(C)c2ccc(F)c(C#N)c2)c1. The first-order chi connectivity index (χ1) is 11.1. The van der Waals surface area contributed by atoms with Crippen LogP contribution in [0.4, 0.5) is 4.39 Å². The average Bonchev–Trinajstić information content (AvgIpc) is 2.59. The van der Waals surface area contributed by atoms with Gasteiger partial charge < -0.3 is 0 Å². The van der Waals surface area contributed by atoms with Gasteiger partial charge in [0, 0.05) is 0 Å². The number of benzene rings is 2. The molecular formula is C20H19FN2. The van der Waals surface area contributed by atoms with Gasteiger partial charge in [-0.25, -0.2) is 4.39 Å². The largest absolute Gasteiger partial charge is 0.206 e. The number of aryl methyl sites for hydroxylation is 2. The summed E-state index contributed by atoms with van der Waals surface area (Å²) in [5, 5.41) is 18.2. The van der Waals surface area contributed by atoms with Crippen molar-refractivity contribution in [1.82, 2.24) is 0 Å². The number of nitrogens with zero attached hydrogens (tertiary/aromatic N) is 2. The first-order valence-electron chi connectivity index (χ1n) is 7.80. The lowest BCUT2D eigenvalue weighted by Gasteiger charge is -2.13. The lowest BCUT2D eigenvalue weighted by molar-refractivity contribution is 0.619. The maximum Gasteiger partial charge on any atom is 0.140 e. The van der Waals surface area contributed by atoms with Gasteiger partial charge in [-0.05, 0) is 60.1 Å². The molecule has 0 radical (unpaired) electrons. The van der Waals surface area contributed by atoms with Crippen molar-refractivity contribution in [3.63, 3.8) is 0 Å². The molecule has 23 heavy (non-hydrogen) atoms. The molecule has 3 heteroatoms. The summed E-state index contributed by atoms with van der Waals surface area (Å²) in [6.07, 6.45) is 2.58. The Hall–Kier alpha value is -2.65. The van der Waals surface area contributed by atoms with Crippen molar-refractivity contribution in [3.8, 4) is 12.1 Å². The Morgan fingerprint density at radius 3 is 2.43 bits per heavy atom. The molecule has 0 aliphatic carbocycles. The van der Waals surface area contributed by atoms with E-state index in [2.05, 4.69) is 26.0 Å². The molecule has 0 amide bonds. The van der Waals surface area contributed by atoms with Crippen LogP contribution in [0.3, 0.4) is 0 Å². The molecule has 0 aromatic heterocycles.